The fourth-order valence-corrected chi connectivity index (χ4v) is 1.99. The van der Waals surface area contributed by atoms with Crippen molar-refractivity contribution >= 4 is 0 Å². The third kappa shape index (κ3) is 3.32. The highest BCUT2D eigenvalue weighted by atomic mass is 19.1. The highest BCUT2D eigenvalue weighted by Gasteiger charge is 2.23. The molecule has 0 atom stereocenters. The van der Waals surface area contributed by atoms with E-state index in [0.717, 1.165) is 0 Å². The maximum absolute atomic E-state index is 14.0. The summed E-state index contributed by atoms with van der Waals surface area (Å²) in [5, 5.41) is 28.6. The van der Waals surface area contributed by atoms with E-state index < -0.39 is 23.1 Å². The van der Waals surface area contributed by atoms with E-state index >= 15 is 0 Å². The zero-order valence-corrected chi connectivity index (χ0v) is 12.1. The number of nitrogens with zero attached hydrogens (tertiary/aromatic N) is 1. The molecule has 0 radical (unpaired) electrons. The summed E-state index contributed by atoms with van der Waals surface area (Å²) in [4.78, 5) is 1.91. The van der Waals surface area contributed by atoms with Crippen molar-refractivity contribution in [1.82, 2.24) is 4.90 Å². The summed E-state index contributed by atoms with van der Waals surface area (Å²) < 4.78 is 19.1. The second kappa shape index (κ2) is 7.31. The van der Waals surface area contributed by atoms with Crippen LogP contribution in [0.15, 0.2) is 0 Å². The molecule has 1 aromatic rings. The molecule has 20 heavy (non-hydrogen) atoms. The molecule has 1 aliphatic rings. The Morgan fingerprint density at radius 2 is 1.60 bits per heavy atom. The van der Waals surface area contributed by atoms with Crippen LogP contribution in [0.3, 0.4) is 0 Å². The topological polar surface area (TPSA) is 73.2 Å². The van der Waals surface area contributed by atoms with Crippen LogP contribution in [0.2, 0.25) is 0 Å². The summed E-state index contributed by atoms with van der Waals surface area (Å²) in [7, 11) is 0. The fourth-order valence-electron chi connectivity index (χ4n) is 1.99. The number of ether oxygens (including phenoxy) is 1. The lowest BCUT2D eigenvalue weighted by molar-refractivity contribution is 0.0333. The van der Waals surface area contributed by atoms with E-state index in [0.29, 0.717) is 26.3 Å². The predicted octanol–water partition coefficient (Wildman–Crippen LogP) is 2.11. The number of morpholine rings is 1. The summed E-state index contributed by atoms with van der Waals surface area (Å²) >= 11 is 0. The second-order valence-electron chi connectivity index (χ2n) is 4.35. The van der Waals surface area contributed by atoms with Gasteiger partial charge in [0.1, 0.15) is 5.82 Å². The van der Waals surface area contributed by atoms with Crippen LogP contribution in [0, 0.1) is 12.7 Å². The highest BCUT2D eigenvalue weighted by molar-refractivity contribution is 5.57. The molecule has 1 heterocycles. The van der Waals surface area contributed by atoms with Crippen LogP contribution in [0.1, 0.15) is 25.0 Å². The molecule has 0 aromatic heterocycles. The monoisotopic (exact) mass is 287 g/mol. The second-order valence-corrected chi connectivity index (χ2v) is 4.35. The number of hydrogen-bond donors (Lipinski definition) is 3. The number of phenolic OH excluding ortho intramolecular Hbond substituents is 3. The first-order valence-corrected chi connectivity index (χ1v) is 6.74. The Kier molecular flexibility index (Phi) is 6.04. The molecule has 0 aliphatic carbocycles. The van der Waals surface area contributed by atoms with Crippen LogP contribution in [0.4, 0.5) is 4.39 Å². The van der Waals surface area contributed by atoms with E-state index in [9.17, 15) is 19.7 Å². The van der Waals surface area contributed by atoms with Gasteiger partial charge in [0, 0.05) is 30.8 Å². The Hall–Kier alpha value is -1.53. The van der Waals surface area contributed by atoms with Crippen LogP contribution < -0.4 is 0 Å². The molecule has 6 heteroatoms. The fraction of sp³-hybridized carbons (Fsp3) is 0.571. The zero-order chi connectivity index (χ0) is 15.3. The van der Waals surface area contributed by atoms with E-state index in [-0.39, 0.29) is 17.7 Å². The van der Waals surface area contributed by atoms with Gasteiger partial charge in [-0.15, -0.1) is 0 Å². The van der Waals surface area contributed by atoms with Crippen molar-refractivity contribution in [3.05, 3.63) is 16.9 Å². The molecule has 0 spiro atoms. The van der Waals surface area contributed by atoms with Crippen molar-refractivity contribution in [3.63, 3.8) is 0 Å². The Morgan fingerprint density at radius 3 is 2.15 bits per heavy atom. The van der Waals surface area contributed by atoms with Crippen LogP contribution in [0.5, 0.6) is 17.2 Å². The van der Waals surface area contributed by atoms with Crippen molar-refractivity contribution in [2.24, 2.45) is 0 Å². The van der Waals surface area contributed by atoms with Crippen LogP contribution in [-0.4, -0.2) is 46.5 Å². The number of halogens is 1. The van der Waals surface area contributed by atoms with Crippen molar-refractivity contribution in [2.45, 2.75) is 27.3 Å². The molecule has 1 fully saturated rings. The normalized spacial score (nSPS) is 15.6. The largest absolute Gasteiger partial charge is 0.504 e. The maximum Gasteiger partial charge on any atom is 0.201 e. The lowest BCUT2D eigenvalue weighted by Crippen LogP contribution is -2.35. The number of hydrogen-bond acceptors (Lipinski definition) is 5. The minimum Gasteiger partial charge on any atom is -0.504 e. The molecular formula is C14H22FNO4. The molecule has 5 nitrogen and oxygen atoms in total. The standard InChI is InChI=1S/C12H16FNO4.C2H6/c1-7-9(13)8(11(16)12(17)10(7)15)6-14-2-4-18-5-3-14;1-2/h15-17H,2-6H2,1H3;1-2H3. The first-order chi connectivity index (χ1) is 9.52. The lowest BCUT2D eigenvalue weighted by Gasteiger charge is -2.27. The van der Waals surface area contributed by atoms with Crippen molar-refractivity contribution < 1.29 is 24.4 Å². The van der Waals surface area contributed by atoms with Gasteiger partial charge in [-0.05, 0) is 6.92 Å². The summed E-state index contributed by atoms with van der Waals surface area (Å²) in [5.74, 6) is -2.57. The molecule has 1 saturated heterocycles. The lowest BCUT2D eigenvalue weighted by atomic mass is 10.1. The molecule has 1 aromatic carbocycles. The van der Waals surface area contributed by atoms with Gasteiger partial charge in [0.15, 0.2) is 11.5 Å². The Bertz CT molecular complexity index is 430. The number of rotatable bonds is 2. The number of phenols is 3. The highest BCUT2D eigenvalue weighted by Crippen LogP contribution is 2.42. The van der Waals surface area contributed by atoms with Gasteiger partial charge in [-0.1, -0.05) is 13.8 Å². The van der Waals surface area contributed by atoms with E-state index in [1.165, 1.54) is 6.92 Å². The maximum atomic E-state index is 14.0. The van der Waals surface area contributed by atoms with Gasteiger partial charge < -0.3 is 20.1 Å². The van der Waals surface area contributed by atoms with Gasteiger partial charge in [-0.25, -0.2) is 4.39 Å². The minimum atomic E-state index is -0.686. The van der Waals surface area contributed by atoms with Crippen LogP contribution in [-0.2, 0) is 11.3 Å². The van der Waals surface area contributed by atoms with Crippen LogP contribution >= 0.6 is 0 Å². The minimum absolute atomic E-state index is 0.00435. The van der Waals surface area contributed by atoms with Crippen molar-refractivity contribution in [1.29, 1.82) is 0 Å². The quantitative estimate of drug-likeness (QED) is 0.727. The first-order valence-electron chi connectivity index (χ1n) is 6.74. The summed E-state index contributed by atoms with van der Waals surface area (Å²) in [6.07, 6.45) is 0. The SMILES string of the molecule is CC.Cc1c(O)c(O)c(O)c(CN2CCOCC2)c1F. The molecule has 0 unspecified atom stereocenters. The van der Waals surface area contributed by atoms with Gasteiger partial charge in [-0.3, -0.25) is 4.90 Å². The Balaban J connectivity index is 0.000000956. The van der Waals surface area contributed by atoms with Gasteiger partial charge in [0.2, 0.25) is 5.75 Å². The summed E-state index contributed by atoms with van der Waals surface area (Å²) in [6, 6.07) is 0. The summed E-state index contributed by atoms with van der Waals surface area (Å²) in [6.45, 7) is 7.93. The molecular weight excluding hydrogens is 265 g/mol. The third-order valence-corrected chi connectivity index (χ3v) is 3.17. The van der Waals surface area contributed by atoms with Gasteiger partial charge >= 0.3 is 0 Å². The third-order valence-electron chi connectivity index (χ3n) is 3.17. The average Bonchev–Trinajstić information content (AvgIpc) is 2.51. The van der Waals surface area contributed by atoms with E-state index in [1.54, 1.807) is 0 Å². The first kappa shape index (κ1) is 16.5. The van der Waals surface area contributed by atoms with Crippen molar-refractivity contribution in [2.75, 3.05) is 26.3 Å². The van der Waals surface area contributed by atoms with E-state index in [1.807, 2.05) is 18.7 Å². The molecule has 114 valence electrons. The molecule has 1 aliphatic heterocycles. The smallest absolute Gasteiger partial charge is 0.201 e. The number of benzene rings is 1. The van der Waals surface area contributed by atoms with Gasteiger partial charge in [0.25, 0.3) is 0 Å². The van der Waals surface area contributed by atoms with Gasteiger partial charge in [0.05, 0.1) is 13.2 Å². The molecule has 3 N–H and O–H groups in total. The van der Waals surface area contributed by atoms with E-state index in [2.05, 4.69) is 0 Å². The number of aromatic hydroxyl groups is 3. The van der Waals surface area contributed by atoms with E-state index in [4.69, 9.17) is 4.74 Å². The zero-order valence-electron chi connectivity index (χ0n) is 12.1. The van der Waals surface area contributed by atoms with Gasteiger partial charge in [-0.2, -0.15) is 0 Å². The average molecular weight is 287 g/mol. The molecule has 2 rings (SSSR count). The molecule has 0 bridgehead atoms. The Morgan fingerprint density at radius 1 is 1.05 bits per heavy atom. The summed E-state index contributed by atoms with van der Waals surface area (Å²) in [5.41, 5.74) is -0.0572. The predicted molar refractivity (Wildman–Crippen MR) is 73.6 cm³/mol. The van der Waals surface area contributed by atoms with Crippen LogP contribution in [0.25, 0.3) is 0 Å². The molecule has 0 amide bonds. The van der Waals surface area contributed by atoms with Crippen molar-refractivity contribution in [3.8, 4) is 17.2 Å². The molecule has 0 saturated carbocycles. The Labute approximate surface area is 118 Å².